The minimum absolute atomic E-state index is 0.110. The van der Waals surface area contributed by atoms with Gasteiger partial charge in [0.25, 0.3) is 0 Å². The first-order chi connectivity index (χ1) is 9.22. The largest absolute Gasteiger partial charge is 0.481 e. The van der Waals surface area contributed by atoms with Gasteiger partial charge in [-0.2, -0.15) is 0 Å². The molecule has 0 aromatic rings. The van der Waals surface area contributed by atoms with Gasteiger partial charge in [0.1, 0.15) is 0 Å². The van der Waals surface area contributed by atoms with Gasteiger partial charge in [0.15, 0.2) is 0 Å². The molecule has 0 aromatic carbocycles. The summed E-state index contributed by atoms with van der Waals surface area (Å²) in [4.78, 5) is 24.6. The number of urea groups is 1. The molecule has 0 heterocycles. The molecule has 0 aliphatic rings. The van der Waals surface area contributed by atoms with Crippen molar-refractivity contribution >= 4 is 12.0 Å². The summed E-state index contributed by atoms with van der Waals surface area (Å²) in [7, 11) is 1.56. The summed E-state index contributed by atoms with van der Waals surface area (Å²) in [5.74, 6) is -0.933. The Kier molecular flexibility index (Phi) is 7.91. The van der Waals surface area contributed by atoms with Gasteiger partial charge >= 0.3 is 12.0 Å². The van der Waals surface area contributed by atoms with Crippen molar-refractivity contribution in [2.45, 2.75) is 33.2 Å². The normalized spacial score (nSPS) is 12.6. The molecule has 0 saturated carbocycles. The Hall–Kier alpha value is -1.56. The van der Waals surface area contributed by atoms with E-state index in [2.05, 4.69) is 11.9 Å². The summed E-state index contributed by atoms with van der Waals surface area (Å²) >= 11 is 0. The number of hydrogen-bond acceptors (Lipinski definition) is 3. The quantitative estimate of drug-likeness (QED) is 0.666. The van der Waals surface area contributed by atoms with Crippen molar-refractivity contribution in [2.24, 2.45) is 5.41 Å². The van der Waals surface area contributed by atoms with E-state index in [0.717, 1.165) is 0 Å². The number of nitrogens with zero attached hydrogens (tertiary/aromatic N) is 1. The number of rotatable bonds is 8. The van der Waals surface area contributed by atoms with E-state index in [0.29, 0.717) is 19.7 Å². The summed E-state index contributed by atoms with van der Waals surface area (Å²) in [5.41, 5.74) is -0.338. The number of hydrogen-bond donors (Lipinski definition) is 2. The van der Waals surface area contributed by atoms with Crippen LogP contribution in [0.5, 0.6) is 0 Å². The maximum Gasteiger partial charge on any atom is 0.318 e. The number of carboxylic acids is 1. The van der Waals surface area contributed by atoms with Crippen molar-refractivity contribution in [3.8, 4) is 0 Å². The second kappa shape index (κ2) is 8.58. The third kappa shape index (κ3) is 7.13. The molecule has 1 atom stereocenters. The second-order valence-corrected chi connectivity index (χ2v) is 5.69. The monoisotopic (exact) mass is 286 g/mol. The Morgan fingerprint density at radius 3 is 2.45 bits per heavy atom. The van der Waals surface area contributed by atoms with Crippen LogP contribution >= 0.6 is 0 Å². The van der Waals surface area contributed by atoms with Gasteiger partial charge in [0, 0.05) is 26.2 Å². The summed E-state index contributed by atoms with van der Waals surface area (Å²) in [5, 5.41) is 11.7. The first kappa shape index (κ1) is 18.4. The first-order valence-corrected chi connectivity index (χ1v) is 6.59. The van der Waals surface area contributed by atoms with Crippen molar-refractivity contribution in [3.05, 3.63) is 12.7 Å². The highest BCUT2D eigenvalue weighted by Crippen LogP contribution is 2.22. The van der Waals surface area contributed by atoms with E-state index >= 15 is 0 Å². The van der Waals surface area contributed by atoms with Crippen LogP contribution in [-0.2, 0) is 9.53 Å². The molecule has 116 valence electrons. The third-order valence-electron chi connectivity index (χ3n) is 2.92. The molecule has 0 aromatic heterocycles. The predicted molar refractivity (Wildman–Crippen MR) is 77.7 cm³/mol. The summed E-state index contributed by atoms with van der Waals surface area (Å²) < 4.78 is 4.96. The molecule has 6 heteroatoms. The van der Waals surface area contributed by atoms with Crippen molar-refractivity contribution in [3.63, 3.8) is 0 Å². The number of carbonyl (C=O) groups is 2. The highest BCUT2D eigenvalue weighted by molar-refractivity contribution is 5.76. The third-order valence-corrected chi connectivity index (χ3v) is 2.92. The molecule has 6 nitrogen and oxygen atoms in total. The maximum atomic E-state index is 12.2. The van der Waals surface area contributed by atoms with Gasteiger partial charge in [0.2, 0.25) is 0 Å². The predicted octanol–water partition coefficient (Wildman–Crippen LogP) is 1.72. The van der Waals surface area contributed by atoms with E-state index in [9.17, 15) is 9.59 Å². The lowest BCUT2D eigenvalue weighted by Crippen LogP contribution is -2.51. The van der Waals surface area contributed by atoms with E-state index in [1.54, 1.807) is 13.2 Å². The maximum absolute atomic E-state index is 12.2. The van der Waals surface area contributed by atoms with Gasteiger partial charge in [-0.05, 0) is 5.41 Å². The van der Waals surface area contributed by atoms with E-state index in [-0.39, 0.29) is 17.9 Å². The molecule has 20 heavy (non-hydrogen) atoms. The molecule has 0 rings (SSSR count). The van der Waals surface area contributed by atoms with Gasteiger partial charge in [-0.3, -0.25) is 4.79 Å². The fourth-order valence-corrected chi connectivity index (χ4v) is 1.62. The number of carbonyl (C=O) groups excluding carboxylic acids is 1. The number of methoxy groups -OCH3 is 1. The SMILES string of the molecule is C=CCN(CCOC)C(=O)NC(CC(=O)O)C(C)(C)C. The van der Waals surface area contributed by atoms with Crippen LogP contribution in [0.2, 0.25) is 0 Å². The fraction of sp³-hybridized carbons (Fsp3) is 0.714. The van der Waals surface area contributed by atoms with E-state index in [4.69, 9.17) is 9.84 Å². The van der Waals surface area contributed by atoms with Crippen LogP contribution in [0.15, 0.2) is 12.7 Å². The Balaban J connectivity index is 4.76. The molecule has 0 aliphatic heterocycles. The summed E-state index contributed by atoms with van der Waals surface area (Å²) in [6.45, 7) is 10.5. The zero-order chi connectivity index (χ0) is 15.8. The molecule has 0 aliphatic carbocycles. The molecular weight excluding hydrogens is 260 g/mol. The molecule has 2 N–H and O–H groups in total. The topological polar surface area (TPSA) is 78.9 Å². The molecule has 0 saturated heterocycles. The molecule has 1 unspecified atom stereocenters. The van der Waals surface area contributed by atoms with Crippen molar-refractivity contribution in [1.29, 1.82) is 0 Å². The highest BCUT2D eigenvalue weighted by atomic mass is 16.5. The van der Waals surface area contributed by atoms with Crippen molar-refractivity contribution in [2.75, 3.05) is 26.8 Å². The minimum Gasteiger partial charge on any atom is -0.481 e. The number of ether oxygens (including phenoxy) is 1. The van der Waals surface area contributed by atoms with Crippen molar-refractivity contribution < 1.29 is 19.4 Å². The van der Waals surface area contributed by atoms with Gasteiger partial charge in [-0.15, -0.1) is 6.58 Å². The smallest absolute Gasteiger partial charge is 0.318 e. The van der Waals surface area contributed by atoms with Crippen LogP contribution in [0.3, 0.4) is 0 Å². The summed E-state index contributed by atoms with van der Waals surface area (Å²) in [6, 6.07) is -0.745. The van der Waals surface area contributed by atoms with E-state index in [1.807, 2.05) is 20.8 Å². The second-order valence-electron chi connectivity index (χ2n) is 5.69. The average molecular weight is 286 g/mol. The molecule has 0 bridgehead atoms. The number of amides is 2. The summed E-state index contributed by atoms with van der Waals surface area (Å²) in [6.07, 6.45) is 1.51. The highest BCUT2D eigenvalue weighted by Gasteiger charge is 2.29. The van der Waals surface area contributed by atoms with Crippen LogP contribution < -0.4 is 5.32 Å². The zero-order valence-corrected chi connectivity index (χ0v) is 12.8. The van der Waals surface area contributed by atoms with Crippen LogP contribution in [0.4, 0.5) is 4.79 Å². The van der Waals surface area contributed by atoms with E-state index < -0.39 is 12.0 Å². The first-order valence-electron chi connectivity index (χ1n) is 6.59. The lowest BCUT2D eigenvalue weighted by Gasteiger charge is -2.32. The lowest BCUT2D eigenvalue weighted by atomic mass is 9.85. The minimum atomic E-state index is -0.933. The van der Waals surface area contributed by atoms with Gasteiger partial charge < -0.3 is 20.1 Å². The molecular formula is C14H26N2O4. The number of aliphatic carboxylic acids is 1. The van der Waals surface area contributed by atoms with Crippen molar-refractivity contribution in [1.82, 2.24) is 10.2 Å². The molecule has 0 spiro atoms. The van der Waals surface area contributed by atoms with Crippen LogP contribution in [0, 0.1) is 5.41 Å². The van der Waals surface area contributed by atoms with Gasteiger partial charge in [-0.1, -0.05) is 26.8 Å². The lowest BCUT2D eigenvalue weighted by molar-refractivity contribution is -0.138. The van der Waals surface area contributed by atoms with Crippen LogP contribution in [0.25, 0.3) is 0 Å². The average Bonchev–Trinajstić information content (AvgIpc) is 2.31. The zero-order valence-electron chi connectivity index (χ0n) is 12.8. The van der Waals surface area contributed by atoms with E-state index in [1.165, 1.54) is 4.90 Å². The Bertz CT molecular complexity index is 337. The van der Waals surface area contributed by atoms with Gasteiger partial charge in [0.05, 0.1) is 13.0 Å². The van der Waals surface area contributed by atoms with Crippen LogP contribution in [-0.4, -0.2) is 54.9 Å². The number of nitrogens with one attached hydrogen (secondary N) is 1. The fourth-order valence-electron chi connectivity index (χ4n) is 1.62. The molecule has 0 radical (unpaired) electrons. The molecule has 2 amide bonds. The Morgan fingerprint density at radius 2 is 2.05 bits per heavy atom. The van der Waals surface area contributed by atoms with Crippen LogP contribution in [0.1, 0.15) is 27.2 Å². The number of carboxylic acid groups (broad SMARTS) is 1. The van der Waals surface area contributed by atoms with Gasteiger partial charge in [-0.25, -0.2) is 4.79 Å². The standard InChI is InChI=1S/C14H26N2O4/c1-6-7-16(8-9-20-5)13(19)15-11(10-12(17)18)14(2,3)4/h6,11H,1,7-10H2,2-5H3,(H,15,19)(H,17,18). The Labute approximate surface area is 120 Å². The Morgan fingerprint density at radius 1 is 1.45 bits per heavy atom. The molecule has 0 fully saturated rings.